The van der Waals surface area contributed by atoms with Crippen molar-refractivity contribution in [2.75, 3.05) is 33.8 Å². The highest BCUT2D eigenvalue weighted by molar-refractivity contribution is 14.0. The molecule has 29 heavy (non-hydrogen) atoms. The van der Waals surface area contributed by atoms with E-state index in [-0.39, 0.29) is 35.3 Å². The second-order valence-corrected chi connectivity index (χ2v) is 7.93. The maximum atomic E-state index is 11.7. The van der Waals surface area contributed by atoms with Crippen LogP contribution in [0.4, 0.5) is 0 Å². The average Bonchev–Trinajstić information content (AvgIpc) is 3.07. The van der Waals surface area contributed by atoms with E-state index in [4.69, 9.17) is 4.74 Å². The van der Waals surface area contributed by atoms with Gasteiger partial charge in [-0.15, -0.1) is 24.0 Å². The van der Waals surface area contributed by atoms with Crippen LogP contribution in [-0.2, 0) is 11.3 Å². The standard InChI is InChI=1S/C22H28N4O2.HI/c1-23-21(26-9-3-8-22(15-26)12-20(27)25-14-22)24-13-16-4-5-18-11-19(28-2)7-6-17(18)10-16;/h4-7,10-11H,3,8-9,12-15H2,1-2H3,(H,23,24)(H,25,27);1H. The first kappa shape index (κ1) is 21.7. The second-order valence-electron chi connectivity index (χ2n) is 7.93. The van der Waals surface area contributed by atoms with Crippen molar-refractivity contribution < 1.29 is 9.53 Å². The predicted molar refractivity (Wildman–Crippen MR) is 127 cm³/mol. The van der Waals surface area contributed by atoms with Crippen molar-refractivity contribution >= 4 is 46.6 Å². The Balaban J connectivity index is 0.00000240. The van der Waals surface area contributed by atoms with E-state index in [0.717, 1.165) is 50.7 Å². The second kappa shape index (κ2) is 9.19. The van der Waals surface area contributed by atoms with E-state index < -0.39 is 0 Å². The van der Waals surface area contributed by atoms with Gasteiger partial charge in [0, 0.05) is 45.1 Å². The van der Waals surface area contributed by atoms with Crippen molar-refractivity contribution in [3.63, 3.8) is 0 Å². The van der Waals surface area contributed by atoms with Crippen LogP contribution in [0.3, 0.4) is 0 Å². The number of halogens is 1. The molecule has 1 unspecified atom stereocenters. The number of carbonyl (C=O) groups is 1. The number of methoxy groups -OCH3 is 1. The van der Waals surface area contributed by atoms with E-state index in [2.05, 4.69) is 50.9 Å². The van der Waals surface area contributed by atoms with Crippen LogP contribution in [0.25, 0.3) is 10.8 Å². The molecule has 7 heteroatoms. The quantitative estimate of drug-likeness (QED) is 0.380. The number of carbonyl (C=O) groups excluding carboxylic acids is 1. The number of piperidine rings is 1. The molecule has 2 N–H and O–H groups in total. The Bertz CT molecular complexity index is 917. The van der Waals surface area contributed by atoms with E-state index in [9.17, 15) is 4.79 Å². The van der Waals surface area contributed by atoms with Crippen LogP contribution in [0.15, 0.2) is 41.4 Å². The topological polar surface area (TPSA) is 66.0 Å². The van der Waals surface area contributed by atoms with Crippen LogP contribution < -0.4 is 15.4 Å². The van der Waals surface area contributed by atoms with Crippen LogP contribution >= 0.6 is 24.0 Å². The highest BCUT2D eigenvalue weighted by Crippen LogP contribution is 2.36. The Morgan fingerprint density at radius 3 is 2.79 bits per heavy atom. The van der Waals surface area contributed by atoms with Crippen molar-refractivity contribution in [2.45, 2.75) is 25.8 Å². The molecule has 2 aromatic carbocycles. The molecular weight excluding hydrogens is 479 g/mol. The molecule has 2 heterocycles. The third kappa shape index (κ3) is 4.76. The summed E-state index contributed by atoms with van der Waals surface area (Å²) >= 11 is 0. The Morgan fingerprint density at radius 1 is 1.28 bits per heavy atom. The summed E-state index contributed by atoms with van der Waals surface area (Å²) < 4.78 is 5.30. The number of aliphatic imine (C=N–C) groups is 1. The summed E-state index contributed by atoms with van der Waals surface area (Å²) in [5.41, 5.74) is 1.28. The number of benzene rings is 2. The molecule has 6 nitrogen and oxygen atoms in total. The monoisotopic (exact) mass is 508 g/mol. The lowest BCUT2D eigenvalue weighted by Gasteiger charge is -2.40. The number of fused-ring (bicyclic) bond motifs is 1. The van der Waals surface area contributed by atoms with Gasteiger partial charge in [0.15, 0.2) is 5.96 Å². The Hall–Kier alpha value is -2.03. The first-order valence-corrected chi connectivity index (χ1v) is 9.90. The first-order valence-electron chi connectivity index (χ1n) is 9.90. The molecule has 0 saturated carbocycles. The van der Waals surface area contributed by atoms with Gasteiger partial charge in [0.25, 0.3) is 0 Å². The van der Waals surface area contributed by atoms with Crippen molar-refractivity contribution in [1.82, 2.24) is 15.5 Å². The Labute approximate surface area is 189 Å². The zero-order valence-corrected chi connectivity index (χ0v) is 19.4. The van der Waals surface area contributed by atoms with Gasteiger partial charge in [0.2, 0.25) is 5.91 Å². The number of hydrogen-bond acceptors (Lipinski definition) is 3. The van der Waals surface area contributed by atoms with E-state index in [1.165, 1.54) is 16.3 Å². The van der Waals surface area contributed by atoms with Gasteiger partial charge >= 0.3 is 0 Å². The molecule has 1 amide bonds. The molecule has 0 radical (unpaired) electrons. The summed E-state index contributed by atoms with van der Waals surface area (Å²) in [6, 6.07) is 12.6. The number of hydrogen-bond donors (Lipinski definition) is 2. The number of nitrogens with zero attached hydrogens (tertiary/aromatic N) is 2. The lowest BCUT2D eigenvalue weighted by atomic mass is 9.79. The smallest absolute Gasteiger partial charge is 0.220 e. The van der Waals surface area contributed by atoms with Crippen molar-refractivity contribution in [3.8, 4) is 5.75 Å². The van der Waals surface area contributed by atoms with Crippen LogP contribution in [0.5, 0.6) is 5.75 Å². The van der Waals surface area contributed by atoms with E-state index in [0.29, 0.717) is 6.42 Å². The van der Waals surface area contributed by atoms with Gasteiger partial charge in [-0.2, -0.15) is 0 Å². The molecule has 2 aromatic rings. The maximum Gasteiger partial charge on any atom is 0.220 e. The molecule has 156 valence electrons. The molecule has 2 aliphatic rings. The number of nitrogens with one attached hydrogen (secondary N) is 2. The zero-order chi connectivity index (χ0) is 19.6. The maximum absolute atomic E-state index is 11.7. The number of amides is 1. The minimum atomic E-state index is 0. The molecular formula is C22H29IN4O2. The third-order valence-electron chi connectivity index (χ3n) is 5.93. The van der Waals surface area contributed by atoms with E-state index >= 15 is 0 Å². The lowest BCUT2D eigenvalue weighted by molar-refractivity contribution is -0.119. The van der Waals surface area contributed by atoms with Crippen molar-refractivity contribution in [2.24, 2.45) is 10.4 Å². The number of likely N-dealkylation sites (tertiary alicyclic amines) is 1. The minimum absolute atomic E-state index is 0. The highest BCUT2D eigenvalue weighted by atomic mass is 127. The van der Waals surface area contributed by atoms with Crippen LogP contribution in [0, 0.1) is 5.41 Å². The summed E-state index contributed by atoms with van der Waals surface area (Å²) in [4.78, 5) is 18.5. The molecule has 1 spiro atoms. The van der Waals surface area contributed by atoms with Gasteiger partial charge in [0.1, 0.15) is 5.75 Å². The van der Waals surface area contributed by atoms with Gasteiger partial charge < -0.3 is 20.3 Å². The van der Waals surface area contributed by atoms with E-state index in [1.54, 1.807) is 7.11 Å². The number of rotatable bonds is 3. The van der Waals surface area contributed by atoms with Crippen LogP contribution in [0.2, 0.25) is 0 Å². The molecule has 2 fully saturated rings. The zero-order valence-electron chi connectivity index (χ0n) is 17.0. The summed E-state index contributed by atoms with van der Waals surface area (Å²) in [6.07, 6.45) is 2.83. The molecule has 0 bridgehead atoms. The third-order valence-corrected chi connectivity index (χ3v) is 5.93. The number of ether oxygens (including phenoxy) is 1. The Morgan fingerprint density at radius 2 is 2.07 bits per heavy atom. The molecule has 2 aliphatic heterocycles. The summed E-state index contributed by atoms with van der Waals surface area (Å²) in [6.45, 7) is 3.36. The molecule has 0 aliphatic carbocycles. The van der Waals surface area contributed by atoms with Gasteiger partial charge in [-0.3, -0.25) is 9.79 Å². The van der Waals surface area contributed by atoms with Gasteiger partial charge in [-0.1, -0.05) is 18.2 Å². The molecule has 2 saturated heterocycles. The number of guanidine groups is 1. The summed E-state index contributed by atoms with van der Waals surface area (Å²) in [5.74, 6) is 1.96. The average molecular weight is 508 g/mol. The molecule has 0 aromatic heterocycles. The van der Waals surface area contributed by atoms with Crippen LogP contribution in [0.1, 0.15) is 24.8 Å². The molecule has 1 atom stereocenters. The fourth-order valence-electron chi connectivity index (χ4n) is 4.45. The van der Waals surface area contributed by atoms with Crippen LogP contribution in [-0.4, -0.2) is 50.6 Å². The highest BCUT2D eigenvalue weighted by Gasteiger charge is 2.42. The van der Waals surface area contributed by atoms with Crippen molar-refractivity contribution in [1.29, 1.82) is 0 Å². The fraction of sp³-hybridized carbons (Fsp3) is 0.455. The Kier molecular flexibility index (Phi) is 6.87. The SMILES string of the molecule is CN=C(NCc1ccc2cc(OC)ccc2c1)N1CCCC2(CNC(=O)C2)C1.I. The molecule has 4 rings (SSSR count). The normalized spacial score (nSPS) is 21.8. The minimum Gasteiger partial charge on any atom is -0.497 e. The fourth-order valence-corrected chi connectivity index (χ4v) is 4.45. The van der Waals surface area contributed by atoms with E-state index in [1.807, 2.05) is 13.1 Å². The van der Waals surface area contributed by atoms with Gasteiger partial charge in [-0.25, -0.2) is 0 Å². The predicted octanol–water partition coefficient (Wildman–Crippen LogP) is 3.14. The largest absolute Gasteiger partial charge is 0.497 e. The van der Waals surface area contributed by atoms with Crippen molar-refractivity contribution in [3.05, 3.63) is 42.0 Å². The van der Waals surface area contributed by atoms with Gasteiger partial charge in [0.05, 0.1) is 7.11 Å². The summed E-state index contributed by atoms with van der Waals surface area (Å²) in [5, 5.41) is 8.88. The first-order chi connectivity index (χ1) is 13.6. The lowest BCUT2D eigenvalue weighted by Crippen LogP contribution is -2.51. The summed E-state index contributed by atoms with van der Waals surface area (Å²) in [7, 11) is 3.52. The van der Waals surface area contributed by atoms with Gasteiger partial charge in [-0.05, 0) is 47.4 Å².